The second-order valence-electron chi connectivity index (χ2n) is 9.27. The van der Waals surface area contributed by atoms with Gasteiger partial charge in [-0.3, -0.25) is 5.01 Å². The number of aryl methyl sites for hydroxylation is 1. The Morgan fingerprint density at radius 2 is 1.83 bits per heavy atom. The normalized spacial score (nSPS) is 14.9. The molecule has 0 saturated heterocycles. The number of phenolic OH excluding ortho intramolecular Hbond substituents is 1. The van der Waals surface area contributed by atoms with Crippen LogP contribution in [-0.4, -0.2) is 39.1 Å². The Morgan fingerprint density at radius 1 is 1.06 bits per heavy atom. The van der Waals surface area contributed by atoms with E-state index in [1.54, 1.807) is 20.3 Å². The predicted octanol–water partition coefficient (Wildman–Crippen LogP) is 5.78. The molecule has 1 unspecified atom stereocenters. The summed E-state index contributed by atoms with van der Waals surface area (Å²) in [5, 5.41) is 20.8. The first-order valence-electron chi connectivity index (χ1n) is 12.1. The molecule has 0 saturated carbocycles. The van der Waals surface area contributed by atoms with E-state index in [1.807, 2.05) is 36.5 Å². The molecule has 0 aromatic heterocycles. The van der Waals surface area contributed by atoms with Crippen LogP contribution in [0, 0.1) is 0 Å². The van der Waals surface area contributed by atoms with Crippen molar-refractivity contribution in [2.45, 2.75) is 38.0 Å². The summed E-state index contributed by atoms with van der Waals surface area (Å²) in [6.07, 6.45) is 5.42. The van der Waals surface area contributed by atoms with Gasteiger partial charge in [0.05, 0.1) is 14.2 Å². The van der Waals surface area contributed by atoms with Crippen LogP contribution >= 0.6 is 0 Å². The van der Waals surface area contributed by atoms with Crippen LogP contribution in [0.2, 0.25) is 0 Å². The summed E-state index contributed by atoms with van der Waals surface area (Å²) in [5.74, 6) is 1.70. The highest BCUT2D eigenvalue weighted by Gasteiger charge is 2.30. The van der Waals surface area contributed by atoms with Gasteiger partial charge >= 0.3 is 0 Å². The van der Waals surface area contributed by atoms with Crippen molar-refractivity contribution in [1.82, 2.24) is 0 Å². The van der Waals surface area contributed by atoms with Gasteiger partial charge in [0.25, 0.3) is 0 Å². The summed E-state index contributed by atoms with van der Waals surface area (Å²) in [6, 6.07) is 20.4. The fourth-order valence-electron chi connectivity index (χ4n) is 4.93. The van der Waals surface area contributed by atoms with E-state index in [0.29, 0.717) is 12.2 Å². The van der Waals surface area contributed by atoms with E-state index in [2.05, 4.69) is 48.6 Å². The number of aromatic hydroxyl groups is 1. The lowest BCUT2D eigenvalue weighted by Crippen LogP contribution is -2.28. The molecule has 4 rings (SSSR count). The molecule has 0 aliphatic carbocycles. The molecular formula is C29H35N3O3. The molecule has 6 heteroatoms. The smallest absolute Gasteiger partial charge is 0.144 e. The van der Waals surface area contributed by atoms with E-state index >= 15 is 0 Å². The van der Waals surface area contributed by atoms with Crippen LogP contribution < -0.4 is 19.8 Å². The number of benzene rings is 3. The Balaban J connectivity index is 1.67. The molecule has 184 valence electrons. The van der Waals surface area contributed by atoms with Gasteiger partial charge in [-0.2, -0.15) is 5.10 Å². The van der Waals surface area contributed by atoms with Gasteiger partial charge in [0.1, 0.15) is 22.9 Å². The number of nitrogens with zero attached hydrogens (tertiary/aromatic N) is 2. The van der Waals surface area contributed by atoms with Crippen molar-refractivity contribution in [2.24, 2.45) is 5.10 Å². The molecule has 0 fully saturated rings. The van der Waals surface area contributed by atoms with Crippen molar-refractivity contribution >= 4 is 17.6 Å². The van der Waals surface area contributed by atoms with Gasteiger partial charge in [0, 0.05) is 37.0 Å². The van der Waals surface area contributed by atoms with Gasteiger partial charge < -0.3 is 19.9 Å². The number of nitrogens with one attached hydrogen (secondary N) is 1. The number of hydrogen-bond acceptors (Lipinski definition) is 6. The first-order chi connectivity index (χ1) is 17.0. The summed E-state index contributed by atoms with van der Waals surface area (Å²) in [6.45, 7) is 3.04. The van der Waals surface area contributed by atoms with Crippen molar-refractivity contribution in [3.8, 4) is 17.2 Å². The molecule has 3 aromatic carbocycles. The van der Waals surface area contributed by atoms with Crippen LogP contribution in [0.15, 0.2) is 65.8 Å². The lowest BCUT2D eigenvalue weighted by Gasteiger charge is -2.32. The number of phenols is 1. The highest BCUT2D eigenvalue weighted by atomic mass is 16.5. The van der Waals surface area contributed by atoms with E-state index in [-0.39, 0.29) is 11.2 Å². The van der Waals surface area contributed by atoms with Crippen molar-refractivity contribution < 1.29 is 14.6 Å². The Bertz CT molecular complexity index is 1180. The Labute approximate surface area is 208 Å². The lowest BCUT2D eigenvalue weighted by atomic mass is 9.74. The van der Waals surface area contributed by atoms with Crippen LogP contribution in [0.4, 0.5) is 11.4 Å². The zero-order valence-corrected chi connectivity index (χ0v) is 21.0. The molecule has 1 heterocycles. The summed E-state index contributed by atoms with van der Waals surface area (Å²) in [4.78, 5) is 0. The maximum absolute atomic E-state index is 10.7. The number of hydrogen-bond donors (Lipinski definition) is 2. The fourth-order valence-corrected chi connectivity index (χ4v) is 4.93. The van der Waals surface area contributed by atoms with Gasteiger partial charge in [0.15, 0.2) is 0 Å². The number of hydrazone groups is 1. The van der Waals surface area contributed by atoms with Crippen LogP contribution in [0.1, 0.15) is 36.5 Å². The van der Waals surface area contributed by atoms with Crippen LogP contribution in [0.5, 0.6) is 17.2 Å². The highest BCUT2D eigenvalue weighted by molar-refractivity contribution is 5.70. The average Bonchev–Trinajstić information content (AvgIpc) is 2.88. The van der Waals surface area contributed by atoms with Gasteiger partial charge in [-0.25, -0.2) is 0 Å². The highest BCUT2D eigenvalue weighted by Crippen LogP contribution is 2.40. The number of methoxy groups -OCH3 is 2. The number of anilines is 2. The third-order valence-corrected chi connectivity index (χ3v) is 6.80. The van der Waals surface area contributed by atoms with E-state index < -0.39 is 0 Å². The molecule has 35 heavy (non-hydrogen) atoms. The maximum atomic E-state index is 10.7. The Kier molecular flexibility index (Phi) is 7.49. The Morgan fingerprint density at radius 3 is 2.54 bits per heavy atom. The number of fused-ring (bicyclic) bond motifs is 1. The van der Waals surface area contributed by atoms with Crippen molar-refractivity contribution in [1.29, 1.82) is 0 Å². The average molecular weight is 474 g/mol. The molecule has 0 spiro atoms. The zero-order valence-electron chi connectivity index (χ0n) is 21.0. The maximum Gasteiger partial charge on any atom is 0.144 e. The molecule has 1 atom stereocenters. The quantitative estimate of drug-likeness (QED) is 0.386. The van der Waals surface area contributed by atoms with Crippen molar-refractivity contribution in [2.75, 3.05) is 38.1 Å². The first kappa shape index (κ1) is 24.5. The fraction of sp³-hybridized carbons (Fsp3) is 0.345. The zero-order chi connectivity index (χ0) is 24.8. The van der Waals surface area contributed by atoms with Gasteiger partial charge in [-0.05, 0) is 66.6 Å². The van der Waals surface area contributed by atoms with Gasteiger partial charge in [-0.15, -0.1) is 0 Å². The lowest BCUT2D eigenvalue weighted by molar-refractivity contribution is 0.406. The van der Waals surface area contributed by atoms with E-state index in [0.717, 1.165) is 48.5 Å². The third-order valence-electron chi connectivity index (χ3n) is 6.80. The molecule has 6 nitrogen and oxygen atoms in total. The number of rotatable bonds is 9. The van der Waals surface area contributed by atoms with Crippen molar-refractivity contribution in [3.63, 3.8) is 0 Å². The summed E-state index contributed by atoms with van der Waals surface area (Å²) < 4.78 is 10.9. The van der Waals surface area contributed by atoms with E-state index in [4.69, 9.17) is 14.6 Å². The topological polar surface area (TPSA) is 66.3 Å². The van der Waals surface area contributed by atoms with Crippen LogP contribution in [0.25, 0.3) is 0 Å². The van der Waals surface area contributed by atoms with E-state index in [1.165, 1.54) is 11.1 Å². The minimum absolute atomic E-state index is 0.202. The molecule has 0 bridgehead atoms. The molecule has 0 radical (unpaired) electrons. The number of ether oxygens (including phenoxy) is 2. The summed E-state index contributed by atoms with van der Waals surface area (Å²) in [5.41, 5.74) is 5.12. The predicted molar refractivity (Wildman–Crippen MR) is 143 cm³/mol. The van der Waals surface area contributed by atoms with Gasteiger partial charge in [-0.1, -0.05) is 37.3 Å². The molecular weight excluding hydrogens is 438 g/mol. The van der Waals surface area contributed by atoms with Crippen molar-refractivity contribution in [3.05, 3.63) is 77.4 Å². The first-order valence-corrected chi connectivity index (χ1v) is 12.1. The molecule has 1 aliphatic rings. The second-order valence-corrected chi connectivity index (χ2v) is 9.27. The standard InChI is InChI=1S/C29H35N3O3/c1-29(20-21-9-6-5-7-10-21,25-18-23(34-3)12-13-26(25)30-2)14-15-31-32-16-8-11-22-17-24(35-4)19-27(33)28(22)32/h5-7,9-10,12-13,15,17-19,30,33H,8,11,14,16,20H2,1-4H3/b31-15+. The molecule has 1 aliphatic heterocycles. The minimum Gasteiger partial charge on any atom is -0.506 e. The summed E-state index contributed by atoms with van der Waals surface area (Å²) >= 11 is 0. The second kappa shape index (κ2) is 10.7. The van der Waals surface area contributed by atoms with Crippen LogP contribution in [-0.2, 0) is 18.3 Å². The molecule has 2 N–H and O–H groups in total. The van der Waals surface area contributed by atoms with Gasteiger partial charge in [0.2, 0.25) is 0 Å². The largest absolute Gasteiger partial charge is 0.506 e. The SMILES string of the molecule is CNc1ccc(OC)cc1C(C)(C/C=N/N1CCCc2cc(OC)cc(O)c21)Cc1ccccc1. The third kappa shape index (κ3) is 5.37. The Hall–Kier alpha value is -3.67. The van der Waals surface area contributed by atoms with E-state index in [9.17, 15) is 5.11 Å². The summed E-state index contributed by atoms with van der Waals surface area (Å²) in [7, 11) is 5.26. The monoisotopic (exact) mass is 473 g/mol. The molecule has 0 amide bonds. The van der Waals surface area contributed by atoms with Crippen LogP contribution in [0.3, 0.4) is 0 Å². The molecule has 3 aromatic rings. The minimum atomic E-state index is -0.238.